The first-order valence-electron chi connectivity index (χ1n) is 9.85. The van der Waals surface area contributed by atoms with Gasteiger partial charge in [0.1, 0.15) is 5.69 Å². The molecule has 0 atom stereocenters. The standard InChI is InChI=1S/C22H18N6O5/c1-13-18(12-19-14(2)24-26(22(19)29)16-7-5-4-6-8-16)15(3)25(23-13)20-10-9-17(27(30)31)11-21(20)28(32)33/h4-12H,1-3H3/b19-12-. The Labute approximate surface area is 187 Å². The van der Waals surface area contributed by atoms with Crippen molar-refractivity contribution < 1.29 is 14.6 Å². The highest BCUT2D eigenvalue weighted by Crippen LogP contribution is 2.31. The van der Waals surface area contributed by atoms with Gasteiger partial charge in [0.05, 0.1) is 38.6 Å². The molecule has 1 aliphatic rings. The molecular formula is C22H18N6O5. The van der Waals surface area contributed by atoms with Crippen molar-refractivity contribution in [3.05, 3.63) is 91.3 Å². The van der Waals surface area contributed by atoms with Gasteiger partial charge in [0.15, 0.2) is 0 Å². The molecular weight excluding hydrogens is 428 g/mol. The third-order valence-corrected chi connectivity index (χ3v) is 5.29. The van der Waals surface area contributed by atoms with Crippen LogP contribution < -0.4 is 5.01 Å². The number of carbonyl (C=O) groups excluding carboxylic acids is 1. The number of rotatable bonds is 5. The Bertz CT molecular complexity index is 1370. The number of nitro benzene ring substituents is 2. The number of carbonyl (C=O) groups is 1. The minimum atomic E-state index is -0.694. The molecule has 2 aromatic carbocycles. The maximum Gasteiger partial charge on any atom is 0.301 e. The molecule has 0 bridgehead atoms. The molecule has 4 rings (SSSR count). The molecule has 166 valence electrons. The number of nitrogens with zero attached hydrogens (tertiary/aromatic N) is 6. The van der Waals surface area contributed by atoms with Crippen LogP contribution in [0.5, 0.6) is 0 Å². The summed E-state index contributed by atoms with van der Waals surface area (Å²) in [5.74, 6) is -0.299. The summed E-state index contributed by atoms with van der Waals surface area (Å²) in [6.45, 7) is 5.15. The monoisotopic (exact) mass is 446 g/mol. The molecule has 0 fully saturated rings. The van der Waals surface area contributed by atoms with Crippen molar-refractivity contribution in [2.75, 3.05) is 5.01 Å². The van der Waals surface area contributed by atoms with Gasteiger partial charge in [-0.15, -0.1) is 0 Å². The fraction of sp³-hybridized carbons (Fsp3) is 0.136. The Hall–Kier alpha value is -4.67. The number of hydrazone groups is 1. The summed E-state index contributed by atoms with van der Waals surface area (Å²) in [6, 6.07) is 12.4. The van der Waals surface area contributed by atoms with Gasteiger partial charge in [-0.1, -0.05) is 18.2 Å². The van der Waals surface area contributed by atoms with E-state index in [1.807, 2.05) is 18.2 Å². The van der Waals surface area contributed by atoms with Crippen LogP contribution >= 0.6 is 0 Å². The molecule has 1 aromatic heterocycles. The Kier molecular flexibility index (Phi) is 5.30. The third kappa shape index (κ3) is 3.76. The number of anilines is 1. The number of aryl methyl sites for hydroxylation is 1. The summed E-state index contributed by atoms with van der Waals surface area (Å²) in [5.41, 5.74) is 2.47. The van der Waals surface area contributed by atoms with Crippen LogP contribution in [0.4, 0.5) is 17.1 Å². The lowest BCUT2D eigenvalue weighted by Gasteiger charge is -2.11. The van der Waals surface area contributed by atoms with Gasteiger partial charge >= 0.3 is 5.69 Å². The summed E-state index contributed by atoms with van der Waals surface area (Å²) in [5, 5.41) is 32.7. The predicted octanol–water partition coefficient (Wildman–Crippen LogP) is 4.11. The molecule has 3 aromatic rings. The van der Waals surface area contributed by atoms with E-state index in [-0.39, 0.29) is 11.6 Å². The zero-order chi connectivity index (χ0) is 23.9. The maximum atomic E-state index is 13.0. The Morgan fingerprint density at radius 3 is 2.30 bits per heavy atom. The summed E-state index contributed by atoms with van der Waals surface area (Å²) in [6.07, 6.45) is 1.66. The van der Waals surface area contributed by atoms with Crippen molar-refractivity contribution >= 4 is 34.8 Å². The number of aromatic nitrogens is 2. The highest BCUT2D eigenvalue weighted by atomic mass is 16.6. The molecule has 33 heavy (non-hydrogen) atoms. The number of non-ortho nitro benzene ring substituents is 1. The lowest BCUT2D eigenvalue weighted by atomic mass is 10.1. The number of hydrogen-bond donors (Lipinski definition) is 0. The number of amides is 1. The lowest BCUT2D eigenvalue weighted by molar-refractivity contribution is -0.394. The number of hydrogen-bond acceptors (Lipinski definition) is 7. The van der Waals surface area contributed by atoms with Crippen molar-refractivity contribution in [1.29, 1.82) is 0 Å². The first kappa shape index (κ1) is 21.6. The second kappa shape index (κ2) is 8.11. The van der Waals surface area contributed by atoms with Crippen molar-refractivity contribution in [3.63, 3.8) is 0 Å². The van der Waals surface area contributed by atoms with Crippen LogP contribution in [-0.4, -0.2) is 31.2 Å². The molecule has 0 radical (unpaired) electrons. The average molecular weight is 446 g/mol. The van der Waals surface area contributed by atoms with Gasteiger partial charge < -0.3 is 0 Å². The molecule has 0 saturated heterocycles. The predicted molar refractivity (Wildman–Crippen MR) is 121 cm³/mol. The van der Waals surface area contributed by atoms with E-state index in [0.717, 1.165) is 6.07 Å². The van der Waals surface area contributed by atoms with Crippen LogP contribution in [0.15, 0.2) is 59.2 Å². The molecule has 1 aliphatic heterocycles. The van der Waals surface area contributed by atoms with Crippen LogP contribution in [0.1, 0.15) is 23.9 Å². The zero-order valence-corrected chi connectivity index (χ0v) is 17.9. The summed E-state index contributed by atoms with van der Waals surface area (Å²) >= 11 is 0. The smallest absolute Gasteiger partial charge is 0.267 e. The minimum absolute atomic E-state index is 0.0879. The molecule has 11 heteroatoms. The van der Waals surface area contributed by atoms with E-state index in [0.29, 0.717) is 33.9 Å². The largest absolute Gasteiger partial charge is 0.301 e. The summed E-state index contributed by atoms with van der Waals surface area (Å²) < 4.78 is 1.35. The minimum Gasteiger partial charge on any atom is -0.267 e. The van der Waals surface area contributed by atoms with E-state index >= 15 is 0 Å². The van der Waals surface area contributed by atoms with Crippen LogP contribution in [-0.2, 0) is 4.79 Å². The van der Waals surface area contributed by atoms with E-state index in [1.54, 1.807) is 39.0 Å². The Balaban J connectivity index is 1.78. The molecule has 11 nitrogen and oxygen atoms in total. The fourth-order valence-corrected chi connectivity index (χ4v) is 3.62. The van der Waals surface area contributed by atoms with Gasteiger partial charge in [-0.3, -0.25) is 25.0 Å². The fourth-order valence-electron chi connectivity index (χ4n) is 3.62. The summed E-state index contributed by atoms with van der Waals surface area (Å²) in [4.78, 5) is 34.3. The van der Waals surface area contributed by atoms with Gasteiger partial charge in [0.2, 0.25) is 0 Å². The highest BCUT2D eigenvalue weighted by Gasteiger charge is 2.30. The topological polar surface area (TPSA) is 137 Å². The maximum absolute atomic E-state index is 13.0. The normalized spacial score (nSPS) is 14.6. The molecule has 0 saturated carbocycles. The lowest BCUT2D eigenvalue weighted by Crippen LogP contribution is -2.21. The van der Waals surface area contributed by atoms with Gasteiger partial charge in [-0.2, -0.15) is 15.2 Å². The third-order valence-electron chi connectivity index (χ3n) is 5.29. The molecule has 0 N–H and O–H groups in total. The van der Waals surface area contributed by atoms with E-state index < -0.39 is 21.2 Å². The molecule has 0 spiro atoms. The van der Waals surface area contributed by atoms with Crippen molar-refractivity contribution in [3.8, 4) is 5.69 Å². The number of nitro groups is 2. The first-order chi connectivity index (χ1) is 15.7. The van der Waals surface area contributed by atoms with Gasteiger partial charge in [-0.25, -0.2) is 4.68 Å². The van der Waals surface area contributed by atoms with Gasteiger partial charge in [-0.05, 0) is 45.0 Å². The van der Waals surface area contributed by atoms with Gasteiger partial charge in [0.25, 0.3) is 11.6 Å². The molecule has 0 unspecified atom stereocenters. The average Bonchev–Trinajstić information content (AvgIpc) is 3.24. The zero-order valence-electron chi connectivity index (χ0n) is 17.9. The summed E-state index contributed by atoms with van der Waals surface area (Å²) in [7, 11) is 0. The van der Waals surface area contributed by atoms with Gasteiger partial charge in [0, 0.05) is 17.3 Å². The van der Waals surface area contributed by atoms with Crippen molar-refractivity contribution in [2.45, 2.75) is 20.8 Å². The quantitative estimate of drug-likeness (QED) is 0.328. The van der Waals surface area contributed by atoms with E-state index in [1.165, 1.54) is 21.8 Å². The van der Waals surface area contributed by atoms with Crippen LogP contribution in [0, 0.1) is 34.1 Å². The Morgan fingerprint density at radius 1 is 0.970 bits per heavy atom. The SMILES string of the molecule is CC1=NN(c2ccccc2)C(=O)/C1=C\c1c(C)nn(-c2ccc([N+](=O)[O-])cc2[N+](=O)[O-])c1C. The second-order valence-electron chi connectivity index (χ2n) is 7.38. The van der Waals surface area contributed by atoms with Crippen molar-refractivity contribution in [2.24, 2.45) is 5.10 Å². The van der Waals surface area contributed by atoms with Crippen LogP contribution in [0.25, 0.3) is 11.8 Å². The van der Waals surface area contributed by atoms with E-state index in [9.17, 15) is 25.0 Å². The molecule has 0 aliphatic carbocycles. The Morgan fingerprint density at radius 2 is 1.67 bits per heavy atom. The first-order valence-corrected chi connectivity index (χ1v) is 9.85. The van der Waals surface area contributed by atoms with E-state index in [2.05, 4.69) is 10.2 Å². The highest BCUT2D eigenvalue weighted by molar-refractivity contribution is 6.32. The van der Waals surface area contributed by atoms with Crippen molar-refractivity contribution in [1.82, 2.24) is 9.78 Å². The van der Waals surface area contributed by atoms with E-state index in [4.69, 9.17) is 0 Å². The number of benzene rings is 2. The second-order valence-corrected chi connectivity index (χ2v) is 7.38. The van der Waals surface area contributed by atoms with Crippen LogP contribution in [0.3, 0.4) is 0 Å². The van der Waals surface area contributed by atoms with Crippen LogP contribution in [0.2, 0.25) is 0 Å². The molecule has 2 heterocycles. The number of para-hydroxylation sites is 1. The molecule has 1 amide bonds.